The van der Waals surface area contributed by atoms with E-state index in [1.54, 1.807) is 55.6 Å². The molecule has 0 radical (unpaired) electrons. The summed E-state index contributed by atoms with van der Waals surface area (Å²) in [6.45, 7) is 0.440. The Balaban J connectivity index is 1.19. The van der Waals surface area contributed by atoms with Crippen LogP contribution in [0.3, 0.4) is 0 Å². The first-order valence-electron chi connectivity index (χ1n) is 12.2. The molecule has 184 valence electrons. The summed E-state index contributed by atoms with van der Waals surface area (Å²) < 4.78 is 68.9. The molecule has 6 heteroatoms. The normalized spacial score (nSPS) is 21.7. The lowest BCUT2D eigenvalue weighted by Gasteiger charge is -2.29. The zero-order valence-corrected chi connectivity index (χ0v) is 19.6. The molecule has 5 rings (SSSR count). The maximum absolute atomic E-state index is 14.8. The Hall–Kier alpha value is -2.86. The minimum absolute atomic E-state index is 0.0205. The first-order valence-corrected chi connectivity index (χ1v) is 12.2. The van der Waals surface area contributed by atoms with Gasteiger partial charge < -0.3 is 9.47 Å². The van der Waals surface area contributed by atoms with Crippen molar-refractivity contribution in [3.05, 3.63) is 88.5 Å². The molecule has 3 aromatic rings. The van der Waals surface area contributed by atoms with Crippen molar-refractivity contribution in [3.63, 3.8) is 0 Å². The Kier molecular flexibility index (Phi) is 6.83. The van der Waals surface area contributed by atoms with Crippen LogP contribution < -0.4 is 4.74 Å². The van der Waals surface area contributed by atoms with Crippen molar-refractivity contribution in [1.82, 2.24) is 0 Å². The highest BCUT2D eigenvalue weighted by molar-refractivity contribution is 5.65. The van der Waals surface area contributed by atoms with E-state index in [4.69, 9.17) is 9.47 Å². The quantitative estimate of drug-likeness (QED) is 0.251. The zero-order chi connectivity index (χ0) is 24.5. The smallest absolute Gasteiger partial charge is 0.166 e. The van der Waals surface area contributed by atoms with Gasteiger partial charge in [0.2, 0.25) is 0 Å². The summed E-state index contributed by atoms with van der Waals surface area (Å²) in [5, 5.41) is 0. The number of benzene rings is 3. The Bertz CT molecular complexity index is 1200. The number of ether oxygens (including phenoxy) is 2. The Morgan fingerprint density at radius 3 is 2.09 bits per heavy atom. The predicted octanol–water partition coefficient (Wildman–Crippen LogP) is 7.90. The van der Waals surface area contributed by atoms with Crippen LogP contribution >= 0.6 is 0 Å². The Labute approximate surface area is 202 Å². The molecular formula is C29H28F4O2. The molecule has 0 spiro atoms. The summed E-state index contributed by atoms with van der Waals surface area (Å²) in [7, 11) is 1.55. The van der Waals surface area contributed by atoms with E-state index in [0.717, 1.165) is 32.1 Å². The molecule has 0 aromatic heterocycles. The molecule has 1 unspecified atom stereocenters. The van der Waals surface area contributed by atoms with E-state index in [-0.39, 0.29) is 17.6 Å². The zero-order valence-electron chi connectivity index (χ0n) is 19.6. The highest BCUT2D eigenvalue weighted by atomic mass is 19.2. The lowest BCUT2D eigenvalue weighted by atomic mass is 9.76. The number of rotatable bonds is 7. The minimum Gasteiger partial charge on any atom is -0.497 e. The summed E-state index contributed by atoms with van der Waals surface area (Å²) in [5.41, 5.74) is 1.92. The molecule has 3 aromatic carbocycles. The minimum atomic E-state index is -0.839. The predicted molar refractivity (Wildman–Crippen MR) is 126 cm³/mol. The van der Waals surface area contributed by atoms with E-state index in [9.17, 15) is 17.6 Å². The van der Waals surface area contributed by atoms with Crippen LogP contribution in [-0.4, -0.2) is 13.7 Å². The summed E-state index contributed by atoms with van der Waals surface area (Å²) >= 11 is 0. The molecule has 0 amide bonds. The van der Waals surface area contributed by atoms with Crippen LogP contribution in [0.5, 0.6) is 5.75 Å². The SMILES string of the molecule is COc1ccc(-c2ccc(CCC3CCC(c4ccc(C5CO5)c(F)c4F)CC3)c(F)c2F)cc1. The fourth-order valence-electron chi connectivity index (χ4n) is 5.27. The molecule has 1 heterocycles. The van der Waals surface area contributed by atoms with Crippen molar-refractivity contribution in [2.24, 2.45) is 5.92 Å². The first-order chi connectivity index (χ1) is 17.0. The molecule has 1 aliphatic heterocycles. The van der Waals surface area contributed by atoms with Gasteiger partial charge in [0.05, 0.1) is 13.7 Å². The second-order valence-corrected chi connectivity index (χ2v) is 9.58. The number of hydrogen-bond acceptors (Lipinski definition) is 2. The van der Waals surface area contributed by atoms with Crippen molar-refractivity contribution in [3.8, 4) is 16.9 Å². The Morgan fingerprint density at radius 1 is 0.771 bits per heavy atom. The average molecular weight is 485 g/mol. The number of aryl methyl sites for hydroxylation is 1. The summed E-state index contributed by atoms with van der Waals surface area (Å²) in [5.74, 6) is -2.20. The van der Waals surface area contributed by atoms with E-state index < -0.39 is 23.3 Å². The van der Waals surface area contributed by atoms with E-state index in [1.165, 1.54) is 0 Å². The van der Waals surface area contributed by atoms with Gasteiger partial charge in [0.25, 0.3) is 0 Å². The molecule has 1 saturated heterocycles. The van der Waals surface area contributed by atoms with E-state index in [2.05, 4.69) is 0 Å². The molecule has 2 fully saturated rings. The van der Waals surface area contributed by atoms with Crippen LogP contribution in [0.1, 0.15) is 60.8 Å². The third kappa shape index (κ3) is 4.94. The van der Waals surface area contributed by atoms with E-state index in [1.807, 2.05) is 0 Å². The summed E-state index contributed by atoms with van der Waals surface area (Å²) in [6, 6.07) is 13.5. The monoisotopic (exact) mass is 484 g/mol. The molecule has 2 aliphatic rings. The maximum Gasteiger partial charge on any atom is 0.166 e. The fraction of sp³-hybridized carbons (Fsp3) is 0.379. The number of methoxy groups -OCH3 is 1. The van der Waals surface area contributed by atoms with Crippen molar-refractivity contribution in [2.75, 3.05) is 13.7 Å². The maximum atomic E-state index is 14.8. The van der Waals surface area contributed by atoms with Crippen molar-refractivity contribution >= 4 is 0 Å². The van der Waals surface area contributed by atoms with Crippen LogP contribution in [0.2, 0.25) is 0 Å². The van der Waals surface area contributed by atoms with Gasteiger partial charge in [-0.15, -0.1) is 0 Å². The number of hydrogen-bond donors (Lipinski definition) is 0. The molecule has 1 atom stereocenters. The lowest BCUT2D eigenvalue weighted by Crippen LogP contribution is -2.16. The first kappa shape index (κ1) is 23.9. The lowest BCUT2D eigenvalue weighted by molar-refractivity contribution is 0.303. The van der Waals surface area contributed by atoms with Gasteiger partial charge in [-0.05, 0) is 79.2 Å². The molecule has 35 heavy (non-hydrogen) atoms. The summed E-state index contributed by atoms with van der Waals surface area (Å²) in [6.07, 6.45) is 4.09. The van der Waals surface area contributed by atoms with Crippen molar-refractivity contribution in [2.45, 2.75) is 50.5 Å². The van der Waals surface area contributed by atoms with Gasteiger partial charge in [-0.1, -0.05) is 36.4 Å². The van der Waals surface area contributed by atoms with Crippen LogP contribution in [0.15, 0.2) is 48.5 Å². The largest absolute Gasteiger partial charge is 0.497 e. The van der Waals surface area contributed by atoms with Crippen LogP contribution in [0, 0.1) is 29.2 Å². The van der Waals surface area contributed by atoms with Crippen LogP contribution in [-0.2, 0) is 11.2 Å². The highest BCUT2D eigenvalue weighted by Gasteiger charge is 2.32. The van der Waals surface area contributed by atoms with Crippen LogP contribution in [0.25, 0.3) is 11.1 Å². The van der Waals surface area contributed by atoms with Gasteiger partial charge in [-0.25, -0.2) is 17.6 Å². The highest BCUT2D eigenvalue weighted by Crippen LogP contribution is 2.41. The topological polar surface area (TPSA) is 21.8 Å². The van der Waals surface area contributed by atoms with Gasteiger partial charge >= 0.3 is 0 Å². The molecule has 0 N–H and O–H groups in total. The second kappa shape index (κ2) is 10.0. The van der Waals surface area contributed by atoms with Crippen molar-refractivity contribution in [1.29, 1.82) is 0 Å². The molecule has 2 nitrogen and oxygen atoms in total. The Morgan fingerprint density at radius 2 is 1.43 bits per heavy atom. The van der Waals surface area contributed by atoms with Gasteiger partial charge in [-0.2, -0.15) is 0 Å². The average Bonchev–Trinajstić information content (AvgIpc) is 3.72. The molecule has 0 bridgehead atoms. The third-order valence-electron chi connectivity index (χ3n) is 7.49. The van der Waals surface area contributed by atoms with E-state index in [0.29, 0.717) is 46.9 Å². The van der Waals surface area contributed by atoms with Crippen molar-refractivity contribution < 1.29 is 27.0 Å². The van der Waals surface area contributed by atoms with E-state index >= 15 is 0 Å². The summed E-state index contributed by atoms with van der Waals surface area (Å²) in [4.78, 5) is 0. The van der Waals surface area contributed by atoms with Crippen LogP contribution in [0.4, 0.5) is 17.6 Å². The van der Waals surface area contributed by atoms with Gasteiger partial charge in [0.15, 0.2) is 23.3 Å². The molecule has 1 aliphatic carbocycles. The fourth-order valence-corrected chi connectivity index (χ4v) is 5.27. The van der Waals surface area contributed by atoms with Gasteiger partial charge in [0, 0.05) is 11.1 Å². The standard InChI is InChI=1S/C29H28F4O2/c1-34-21-11-8-19(9-12-21)22-13-10-20(26(30)27(22)31)7-4-17-2-5-18(6-3-17)23-14-15-24(25-16-35-25)29(33)28(23)32/h8-15,17-18,25H,2-7,16H2,1H3. The number of epoxide rings is 1. The van der Waals surface area contributed by atoms with Gasteiger partial charge in [0.1, 0.15) is 11.9 Å². The molecular weight excluding hydrogens is 456 g/mol. The second-order valence-electron chi connectivity index (χ2n) is 9.58. The third-order valence-corrected chi connectivity index (χ3v) is 7.49. The number of halogens is 4. The molecule has 1 saturated carbocycles. The van der Waals surface area contributed by atoms with Gasteiger partial charge in [-0.3, -0.25) is 0 Å².